The standard InChI is InChI=1S/C17H9ClFNO2S2/c18-12-6-4-11(5-7-12)15(21)20-16(22)14(24-17(20)23)9-10-2-1-3-13(19)8-10/h1-9H/b14-9+. The van der Waals surface area contributed by atoms with Crippen LogP contribution in [-0.4, -0.2) is 21.0 Å². The second-order valence-corrected chi connectivity index (χ2v) is 7.00. The van der Waals surface area contributed by atoms with Gasteiger partial charge in [-0.3, -0.25) is 9.59 Å². The topological polar surface area (TPSA) is 37.4 Å². The number of thioether (sulfide) groups is 1. The summed E-state index contributed by atoms with van der Waals surface area (Å²) in [5.74, 6) is -1.44. The summed E-state index contributed by atoms with van der Waals surface area (Å²) < 4.78 is 13.4. The number of amides is 2. The molecule has 0 radical (unpaired) electrons. The Kier molecular flexibility index (Phi) is 4.80. The van der Waals surface area contributed by atoms with Gasteiger partial charge in [0.1, 0.15) is 5.82 Å². The van der Waals surface area contributed by atoms with E-state index in [1.165, 1.54) is 30.3 Å². The number of halogens is 2. The molecule has 1 heterocycles. The molecule has 3 nitrogen and oxygen atoms in total. The molecule has 2 aromatic rings. The molecule has 1 aliphatic heterocycles. The molecule has 1 aliphatic rings. The van der Waals surface area contributed by atoms with E-state index in [1.807, 2.05) is 0 Å². The van der Waals surface area contributed by atoms with Gasteiger partial charge < -0.3 is 0 Å². The van der Waals surface area contributed by atoms with E-state index >= 15 is 0 Å². The Labute approximate surface area is 152 Å². The van der Waals surface area contributed by atoms with Crippen molar-refractivity contribution in [3.05, 3.63) is 75.4 Å². The van der Waals surface area contributed by atoms with Crippen LogP contribution in [0.25, 0.3) is 6.08 Å². The molecule has 0 atom stereocenters. The highest BCUT2D eigenvalue weighted by molar-refractivity contribution is 8.26. The van der Waals surface area contributed by atoms with E-state index in [0.29, 0.717) is 16.1 Å². The number of benzene rings is 2. The second-order valence-electron chi connectivity index (χ2n) is 4.88. The Hall–Kier alpha value is -2.02. The van der Waals surface area contributed by atoms with Crippen LogP contribution in [0.1, 0.15) is 15.9 Å². The fourth-order valence-corrected chi connectivity index (χ4v) is 3.49. The van der Waals surface area contributed by atoms with Crippen molar-refractivity contribution in [3.63, 3.8) is 0 Å². The first-order valence-corrected chi connectivity index (χ1v) is 8.39. The van der Waals surface area contributed by atoms with Crippen LogP contribution < -0.4 is 0 Å². The quantitative estimate of drug-likeness (QED) is 0.438. The Morgan fingerprint density at radius 3 is 2.58 bits per heavy atom. The summed E-state index contributed by atoms with van der Waals surface area (Å²) in [6, 6.07) is 12.0. The van der Waals surface area contributed by atoms with Crippen LogP contribution in [0.3, 0.4) is 0 Å². The number of carbonyl (C=O) groups excluding carboxylic acids is 2. The number of imide groups is 1. The smallest absolute Gasteiger partial charge is 0.268 e. The Balaban J connectivity index is 1.89. The molecular weight excluding hydrogens is 369 g/mol. The lowest BCUT2D eigenvalue weighted by atomic mass is 10.2. The molecule has 24 heavy (non-hydrogen) atoms. The summed E-state index contributed by atoms with van der Waals surface area (Å²) in [4.78, 5) is 26.2. The molecular formula is C17H9ClFNO2S2. The highest BCUT2D eigenvalue weighted by Crippen LogP contribution is 2.33. The van der Waals surface area contributed by atoms with Crippen LogP contribution >= 0.6 is 35.6 Å². The van der Waals surface area contributed by atoms with Crippen molar-refractivity contribution >= 4 is 57.8 Å². The molecule has 120 valence electrons. The van der Waals surface area contributed by atoms with Crippen LogP contribution in [0.2, 0.25) is 5.02 Å². The minimum atomic E-state index is -0.519. The van der Waals surface area contributed by atoms with Gasteiger partial charge in [-0.25, -0.2) is 9.29 Å². The van der Waals surface area contributed by atoms with Crippen LogP contribution in [0.15, 0.2) is 53.4 Å². The highest BCUT2D eigenvalue weighted by Gasteiger charge is 2.37. The van der Waals surface area contributed by atoms with Gasteiger partial charge in [0, 0.05) is 10.6 Å². The van der Waals surface area contributed by atoms with E-state index in [9.17, 15) is 14.0 Å². The molecule has 3 rings (SSSR count). The third kappa shape index (κ3) is 3.40. The minimum absolute atomic E-state index is 0.141. The van der Waals surface area contributed by atoms with Crippen molar-refractivity contribution < 1.29 is 14.0 Å². The first-order chi connectivity index (χ1) is 11.5. The molecule has 0 aromatic heterocycles. The SMILES string of the molecule is O=C1/C(=C\c2cccc(F)c2)SC(=S)N1C(=O)c1ccc(Cl)cc1. The maximum absolute atomic E-state index is 13.3. The van der Waals surface area contributed by atoms with Gasteiger partial charge in [-0.05, 0) is 48.0 Å². The molecule has 2 amide bonds. The zero-order chi connectivity index (χ0) is 17.3. The molecule has 0 unspecified atom stereocenters. The van der Waals surface area contributed by atoms with Gasteiger partial charge in [-0.2, -0.15) is 0 Å². The van der Waals surface area contributed by atoms with Crippen molar-refractivity contribution in [2.45, 2.75) is 0 Å². The fourth-order valence-electron chi connectivity index (χ4n) is 2.11. The van der Waals surface area contributed by atoms with Gasteiger partial charge in [0.2, 0.25) is 0 Å². The van der Waals surface area contributed by atoms with Crippen molar-refractivity contribution in [2.24, 2.45) is 0 Å². The largest absolute Gasteiger partial charge is 0.273 e. The van der Waals surface area contributed by atoms with Gasteiger partial charge >= 0.3 is 0 Å². The van der Waals surface area contributed by atoms with Crippen LogP contribution in [0, 0.1) is 5.82 Å². The summed E-state index contributed by atoms with van der Waals surface area (Å²) in [5, 5.41) is 0.489. The Bertz CT molecular complexity index is 880. The average molecular weight is 378 g/mol. The number of hydrogen-bond acceptors (Lipinski definition) is 4. The van der Waals surface area contributed by atoms with Crippen molar-refractivity contribution in [1.82, 2.24) is 4.90 Å². The molecule has 0 saturated carbocycles. The van der Waals surface area contributed by atoms with Crippen LogP contribution in [0.5, 0.6) is 0 Å². The zero-order valence-corrected chi connectivity index (χ0v) is 14.4. The second kappa shape index (κ2) is 6.84. The fraction of sp³-hybridized carbons (Fsp3) is 0. The van der Waals surface area contributed by atoms with Crippen molar-refractivity contribution in [1.29, 1.82) is 0 Å². The van der Waals surface area contributed by atoms with Crippen molar-refractivity contribution in [3.8, 4) is 0 Å². The maximum atomic E-state index is 13.3. The zero-order valence-electron chi connectivity index (χ0n) is 12.0. The molecule has 1 fully saturated rings. The van der Waals surface area contributed by atoms with E-state index in [-0.39, 0.29) is 9.23 Å². The van der Waals surface area contributed by atoms with Gasteiger partial charge in [-0.1, -0.05) is 47.7 Å². The molecule has 7 heteroatoms. The molecule has 0 aliphatic carbocycles. The Morgan fingerprint density at radius 2 is 1.92 bits per heavy atom. The number of carbonyl (C=O) groups is 2. The van der Waals surface area contributed by atoms with E-state index in [0.717, 1.165) is 16.7 Å². The molecule has 2 aromatic carbocycles. The monoisotopic (exact) mass is 377 g/mol. The summed E-state index contributed by atoms with van der Waals surface area (Å²) in [6.07, 6.45) is 1.51. The lowest BCUT2D eigenvalue weighted by Gasteiger charge is -2.12. The van der Waals surface area contributed by atoms with Gasteiger partial charge in [0.05, 0.1) is 4.91 Å². The predicted molar refractivity (Wildman–Crippen MR) is 97.2 cm³/mol. The van der Waals surface area contributed by atoms with Gasteiger partial charge in [0.15, 0.2) is 4.32 Å². The Morgan fingerprint density at radius 1 is 1.21 bits per heavy atom. The van der Waals surface area contributed by atoms with E-state index in [1.54, 1.807) is 24.3 Å². The number of rotatable bonds is 2. The normalized spacial score (nSPS) is 16.1. The molecule has 0 spiro atoms. The van der Waals surface area contributed by atoms with Crippen LogP contribution in [0.4, 0.5) is 4.39 Å². The molecule has 0 N–H and O–H groups in total. The third-order valence-electron chi connectivity index (χ3n) is 3.23. The molecule has 0 bridgehead atoms. The van der Waals surface area contributed by atoms with E-state index in [4.69, 9.17) is 23.8 Å². The highest BCUT2D eigenvalue weighted by atomic mass is 35.5. The molecule has 1 saturated heterocycles. The third-order valence-corrected chi connectivity index (χ3v) is 4.79. The maximum Gasteiger partial charge on any atom is 0.273 e. The van der Waals surface area contributed by atoms with Crippen molar-refractivity contribution in [2.75, 3.05) is 0 Å². The number of thiocarbonyl (C=S) groups is 1. The summed E-state index contributed by atoms with van der Waals surface area (Å²) in [7, 11) is 0. The average Bonchev–Trinajstić information content (AvgIpc) is 2.81. The summed E-state index contributed by atoms with van der Waals surface area (Å²) in [6.45, 7) is 0. The number of nitrogens with zero attached hydrogens (tertiary/aromatic N) is 1. The van der Waals surface area contributed by atoms with Crippen LogP contribution in [-0.2, 0) is 4.79 Å². The predicted octanol–water partition coefficient (Wildman–Crippen LogP) is 4.52. The summed E-state index contributed by atoms with van der Waals surface area (Å²) >= 11 is 12.0. The number of hydrogen-bond donors (Lipinski definition) is 0. The van der Waals surface area contributed by atoms with E-state index < -0.39 is 17.6 Å². The lowest BCUT2D eigenvalue weighted by Crippen LogP contribution is -2.34. The minimum Gasteiger partial charge on any atom is -0.268 e. The van der Waals surface area contributed by atoms with E-state index in [2.05, 4.69) is 0 Å². The summed E-state index contributed by atoms with van der Waals surface area (Å²) in [5.41, 5.74) is 0.831. The first-order valence-electron chi connectivity index (χ1n) is 6.79. The van der Waals surface area contributed by atoms with Gasteiger partial charge in [-0.15, -0.1) is 0 Å². The lowest BCUT2D eigenvalue weighted by molar-refractivity contribution is -0.120. The first kappa shape index (κ1) is 16.8. The van der Waals surface area contributed by atoms with Gasteiger partial charge in [0.25, 0.3) is 11.8 Å².